The molecule has 0 aliphatic carbocycles. The molecule has 0 saturated carbocycles. The van der Waals surface area contributed by atoms with Crippen LogP contribution in [0.4, 0.5) is 4.39 Å². The number of halogens is 3. The fourth-order valence-corrected chi connectivity index (χ4v) is 3.59. The number of rotatable bonds is 3. The van der Waals surface area contributed by atoms with E-state index in [1.165, 1.54) is 5.69 Å². The molecule has 132 valence electrons. The highest BCUT2D eigenvalue weighted by atomic mass is 35.5. The van der Waals surface area contributed by atoms with Gasteiger partial charge in [-0.3, -0.25) is 9.58 Å². The van der Waals surface area contributed by atoms with Gasteiger partial charge < -0.3 is 5.32 Å². The first-order chi connectivity index (χ1) is 10.8. The minimum atomic E-state index is -0.0714. The van der Waals surface area contributed by atoms with Crippen molar-refractivity contribution in [1.29, 1.82) is 0 Å². The van der Waals surface area contributed by atoms with Crippen molar-refractivity contribution in [2.45, 2.75) is 32.0 Å². The summed E-state index contributed by atoms with van der Waals surface area (Å²) < 4.78 is 16.0. The number of nitrogens with one attached hydrogen (secondary N) is 1. The Bertz CT molecular complexity index is 653. The Morgan fingerprint density at radius 1 is 1.21 bits per heavy atom. The molecular formula is C17H23Cl2FN4. The molecule has 1 aromatic carbocycles. The summed E-state index contributed by atoms with van der Waals surface area (Å²) >= 11 is 0. The maximum atomic E-state index is 13.9. The van der Waals surface area contributed by atoms with Gasteiger partial charge in [-0.05, 0) is 30.7 Å². The zero-order valence-corrected chi connectivity index (χ0v) is 15.1. The topological polar surface area (TPSA) is 33.1 Å². The van der Waals surface area contributed by atoms with E-state index in [-0.39, 0.29) is 30.6 Å². The Labute approximate surface area is 154 Å². The molecule has 1 saturated heterocycles. The summed E-state index contributed by atoms with van der Waals surface area (Å²) in [5.41, 5.74) is 3.26. The van der Waals surface area contributed by atoms with Gasteiger partial charge in [-0.15, -0.1) is 24.8 Å². The molecule has 2 aromatic rings. The van der Waals surface area contributed by atoms with Crippen molar-refractivity contribution < 1.29 is 4.39 Å². The van der Waals surface area contributed by atoms with Gasteiger partial charge in [0.2, 0.25) is 0 Å². The highest BCUT2D eigenvalue weighted by Gasteiger charge is 2.26. The SMILES string of the molecule is Cl.Cl.Fc1ccccc1C1CCN(Cc2cc3n(n2)CCNC3)C1. The van der Waals surface area contributed by atoms with Crippen LogP contribution in [0.5, 0.6) is 0 Å². The fourth-order valence-electron chi connectivity index (χ4n) is 3.59. The van der Waals surface area contributed by atoms with Gasteiger partial charge in [0.15, 0.2) is 0 Å². The molecule has 1 atom stereocenters. The Balaban J connectivity index is 0.00000104. The minimum absolute atomic E-state index is 0. The van der Waals surface area contributed by atoms with E-state index in [1.807, 2.05) is 12.1 Å². The van der Waals surface area contributed by atoms with Crippen molar-refractivity contribution in [3.8, 4) is 0 Å². The van der Waals surface area contributed by atoms with Crippen molar-refractivity contribution in [3.05, 3.63) is 53.1 Å². The first-order valence-electron chi connectivity index (χ1n) is 8.03. The van der Waals surface area contributed by atoms with Crippen LogP contribution < -0.4 is 5.32 Å². The van der Waals surface area contributed by atoms with Crippen molar-refractivity contribution in [3.63, 3.8) is 0 Å². The largest absolute Gasteiger partial charge is 0.309 e. The van der Waals surface area contributed by atoms with E-state index in [0.717, 1.165) is 56.9 Å². The second kappa shape index (κ2) is 8.30. The van der Waals surface area contributed by atoms with Gasteiger partial charge in [-0.2, -0.15) is 5.10 Å². The minimum Gasteiger partial charge on any atom is -0.309 e. The second-order valence-corrected chi connectivity index (χ2v) is 6.27. The molecule has 0 radical (unpaired) electrons. The predicted molar refractivity (Wildman–Crippen MR) is 97.5 cm³/mol. The van der Waals surface area contributed by atoms with Crippen LogP contribution in [-0.4, -0.2) is 34.3 Å². The Hall–Kier alpha value is -1.14. The van der Waals surface area contributed by atoms with Crippen LogP contribution in [0.15, 0.2) is 30.3 Å². The molecule has 1 aromatic heterocycles. The number of fused-ring (bicyclic) bond motifs is 1. The first kappa shape index (κ1) is 19.2. The molecule has 2 aliphatic rings. The van der Waals surface area contributed by atoms with Crippen LogP contribution in [0, 0.1) is 5.82 Å². The van der Waals surface area contributed by atoms with E-state index in [9.17, 15) is 4.39 Å². The Morgan fingerprint density at radius 2 is 2.04 bits per heavy atom. The number of aromatic nitrogens is 2. The van der Waals surface area contributed by atoms with Crippen LogP contribution in [0.25, 0.3) is 0 Å². The molecular weight excluding hydrogens is 350 g/mol. The molecule has 4 nitrogen and oxygen atoms in total. The molecule has 4 rings (SSSR count). The summed E-state index contributed by atoms with van der Waals surface area (Å²) in [6.45, 7) is 5.65. The van der Waals surface area contributed by atoms with Crippen LogP contribution in [0.3, 0.4) is 0 Å². The highest BCUT2D eigenvalue weighted by molar-refractivity contribution is 5.85. The van der Waals surface area contributed by atoms with E-state index in [2.05, 4.69) is 21.0 Å². The Morgan fingerprint density at radius 3 is 2.83 bits per heavy atom. The first-order valence-corrected chi connectivity index (χ1v) is 8.03. The van der Waals surface area contributed by atoms with E-state index < -0.39 is 0 Å². The summed E-state index contributed by atoms with van der Waals surface area (Å²) in [5, 5.41) is 8.06. The van der Waals surface area contributed by atoms with Gasteiger partial charge in [0.05, 0.1) is 17.9 Å². The molecule has 7 heteroatoms. The fraction of sp³-hybridized carbons (Fsp3) is 0.471. The predicted octanol–water partition coefficient (Wildman–Crippen LogP) is 2.96. The third kappa shape index (κ3) is 3.91. The molecule has 0 spiro atoms. The van der Waals surface area contributed by atoms with Crippen LogP contribution in [0.1, 0.15) is 29.3 Å². The van der Waals surface area contributed by atoms with Crippen molar-refractivity contribution in [2.75, 3.05) is 19.6 Å². The number of hydrogen-bond donors (Lipinski definition) is 1. The highest BCUT2D eigenvalue weighted by Crippen LogP contribution is 2.29. The van der Waals surface area contributed by atoms with Gasteiger partial charge in [0.25, 0.3) is 0 Å². The van der Waals surface area contributed by atoms with Gasteiger partial charge in [-0.1, -0.05) is 18.2 Å². The molecule has 0 bridgehead atoms. The molecule has 24 heavy (non-hydrogen) atoms. The molecule has 1 fully saturated rings. The van der Waals surface area contributed by atoms with Crippen LogP contribution >= 0.6 is 24.8 Å². The lowest BCUT2D eigenvalue weighted by Gasteiger charge is -2.15. The molecule has 3 heterocycles. The molecule has 1 unspecified atom stereocenters. The standard InChI is InChI=1S/C17H21FN4.2ClH/c18-17-4-2-1-3-16(17)13-5-7-21(11-13)12-14-9-15-10-19-6-8-22(15)20-14;;/h1-4,9,13,19H,5-8,10-12H2;2*1H. The molecule has 2 aliphatic heterocycles. The maximum Gasteiger partial charge on any atom is 0.126 e. The lowest BCUT2D eigenvalue weighted by Crippen LogP contribution is -2.28. The van der Waals surface area contributed by atoms with Gasteiger partial charge in [0.1, 0.15) is 5.82 Å². The second-order valence-electron chi connectivity index (χ2n) is 6.27. The third-order valence-electron chi connectivity index (χ3n) is 4.72. The van der Waals surface area contributed by atoms with Gasteiger partial charge in [-0.25, -0.2) is 4.39 Å². The van der Waals surface area contributed by atoms with Crippen LogP contribution in [0.2, 0.25) is 0 Å². The zero-order valence-electron chi connectivity index (χ0n) is 13.4. The van der Waals surface area contributed by atoms with E-state index in [1.54, 1.807) is 12.1 Å². The van der Waals surface area contributed by atoms with Crippen molar-refractivity contribution in [1.82, 2.24) is 20.0 Å². The van der Waals surface area contributed by atoms with Crippen LogP contribution in [-0.2, 0) is 19.6 Å². The summed E-state index contributed by atoms with van der Waals surface area (Å²) in [4.78, 5) is 2.39. The third-order valence-corrected chi connectivity index (χ3v) is 4.72. The Kier molecular flexibility index (Phi) is 6.63. The van der Waals surface area contributed by atoms with Crippen molar-refractivity contribution in [2.24, 2.45) is 0 Å². The van der Waals surface area contributed by atoms with Gasteiger partial charge in [0, 0.05) is 32.1 Å². The normalized spacial score (nSPS) is 20.1. The number of likely N-dealkylation sites (tertiary alicyclic amines) is 1. The monoisotopic (exact) mass is 372 g/mol. The van der Waals surface area contributed by atoms with Crippen molar-refractivity contribution >= 4 is 24.8 Å². The van der Waals surface area contributed by atoms with Gasteiger partial charge >= 0.3 is 0 Å². The average Bonchev–Trinajstić information content (AvgIpc) is 3.14. The summed E-state index contributed by atoms with van der Waals surface area (Å²) in [5.74, 6) is 0.234. The quantitative estimate of drug-likeness (QED) is 0.898. The van der Waals surface area contributed by atoms with E-state index in [0.29, 0.717) is 5.92 Å². The smallest absolute Gasteiger partial charge is 0.126 e. The van der Waals surface area contributed by atoms with E-state index >= 15 is 0 Å². The number of benzene rings is 1. The lowest BCUT2D eigenvalue weighted by molar-refractivity contribution is 0.320. The lowest BCUT2D eigenvalue weighted by atomic mass is 9.98. The molecule has 1 N–H and O–H groups in total. The van der Waals surface area contributed by atoms with E-state index in [4.69, 9.17) is 5.10 Å². The molecule has 0 amide bonds. The zero-order chi connectivity index (χ0) is 14.9. The summed E-state index contributed by atoms with van der Waals surface area (Å²) in [7, 11) is 0. The maximum absolute atomic E-state index is 13.9. The summed E-state index contributed by atoms with van der Waals surface area (Å²) in [6, 6.07) is 9.37. The summed E-state index contributed by atoms with van der Waals surface area (Å²) in [6.07, 6.45) is 1.02. The average molecular weight is 373 g/mol. The number of nitrogens with zero attached hydrogens (tertiary/aromatic N) is 3. The number of hydrogen-bond acceptors (Lipinski definition) is 3.